The number of carbonyl (C=O) groups is 1. The van der Waals surface area contributed by atoms with Crippen molar-refractivity contribution in [1.82, 2.24) is 0 Å². The van der Waals surface area contributed by atoms with Gasteiger partial charge in [0.05, 0.1) is 19.8 Å². The maximum atomic E-state index is 12.4. The highest BCUT2D eigenvalue weighted by molar-refractivity contribution is 7.47. The molecule has 0 aromatic carbocycles. The van der Waals surface area contributed by atoms with Crippen LogP contribution in [-0.2, 0) is 27.9 Å². The largest absolute Gasteiger partial charge is 0.472 e. The van der Waals surface area contributed by atoms with Gasteiger partial charge in [-0.05, 0) is 51.4 Å². The number of allylic oxidation sites excluding steroid dienone is 8. The summed E-state index contributed by atoms with van der Waals surface area (Å²) in [7, 11) is -4.26. The lowest BCUT2D eigenvalue weighted by molar-refractivity contribution is -0.154. The summed E-state index contributed by atoms with van der Waals surface area (Å²) in [6.07, 6.45) is 38.6. The monoisotopic (exact) mass is 669 g/mol. The average molecular weight is 670 g/mol. The van der Waals surface area contributed by atoms with Gasteiger partial charge in [0.2, 0.25) is 0 Å². The molecule has 0 aliphatic heterocycles. The molecule has 0 aliphatic rings. The number of carbonyl (C=O) groups excluding carboxylic acids is 1. The molecule has 0 aliphatic carbocycles. The van der Waals surface area contributed by atoms with Crippen LogP contribution < -0.4 is 5.73 Å². The van der Waals surface area contributed by atoms with Crippen molar-refractivity contribution >= 4 is 13.8 Å². The molecule has 0 saturated carbocycles. The fourth-order valence-corrected chi connectivity index (χ4v) is 5.40. The maximum absolute atomic E-state index is 12.4. The molecule has 0 aromatic heterocycles. The standard InChI is InChI=1S/C37H68NO7P/c1-3-5-7-9-11-12-13-14-15-16-17-18-19-20-21-22-23-25-27-29-32-42-34-36(35-44-46(40,41)43-33-31-38)45-37(39)30-28-26-24-10-8-6-4-2/h5,7,11-12,14-15,17-18,36H,3-4,6,8-10,13,16,19-35,38H2,1-2H3,(H,40,41)/b7-5-,12-11-,15-14-,18-17-. The van der Waals surface area contributed by atoms with Gasteiger partial charge in [-0.2, -0.15) is 0 Å². The van der Waals surface area contributed by atoms with E-state index >= 15 is 0 Å². The van der Waals surface area contributed by atoms with Crippen molar-refractivity contribution in [3.05, 3.63) is 48.6 Å². The van der Waals surface area contributed by atoms with E-state index in [-0.39, 0.29) is 32.3 Å². The normalized spacial score (nSPS) is 14.3. The first kappa shape index (κ1) is 44.5. The quantitative estimate of drug-likeness (QED) is 0.0301. The van der Waals surface area contributed by atoms with Crippen LogP contribution in [0.1, 0.15) is 142 Å². The van der Waals surface area contributed by atoms with Gasteiger partial charge in [0.1, 0.15) is 6.10 Å². The van der Waals surface area contributed by atoms with Crippen molar-refractivity contribution in [3.63, 3.8) is 0 Å². The summed E-state index contributed by atoms with van der Waals surface area (Å²) in [6.45, 7) is 4.72. The molecule has 9 heteroatoms. The minimum atomic E-state index is -4.26. The van der Waals surface area contributed by atoms with E-state index in [9.17, 15) is 14.3 Å². The molecule has 0 aromatic rings. The third kappa shape index (κ3) is 33.8. The van der Waals surface area contributed by atoms with Crippen LogP contribution in [0.2, 0.25) is 0 Å². The fraction of sp³-hybridized carbons (Fsp3) is 0.757. The maximum Gasteiger partial charge on any atom is 0.472 e. The molecule has 2 atom stereocenters. The van der Waals surface area contributed by atoms with Gasteiger partial charge in [0.25, 0.3) is 0 Å². The van der Waals surface area contributed by atoms with E-state index in [1.165, 1.54) is 57.8 Å². The minimum absolute atomic E-state index is 0.0971. The van der Waals surface area contributed by atoms with Gasteiger partial charge in [0, 0.05) is 19.6 Å². The van der Waals surface area contributed by atoms with E-state index in [2.05, 4.69) is 62.5 Å². The molecular weight excluding hydrogens is 601 g/mol. The molecule has 0 rings (SSSR count). The second-order valence-corrected chi connectivity index (χ2v) is 13.2. The number of phosphoric acid groups is 1. The Morgan fingerprint density at radius 1 is 0.674 bits per heavy atom. The summed E-state index contributed by atoms with van der Waals surface area (Å²) >= 11 is 0. The third-order valence-corrected chi connectivity index (χ3v) is 8.24. The molecule has 0 heterocycles. The van der Waals surface area contributed by atoms with Crippen LogP contribution in [0.4, 0.5) is 0 Å². The Hall–Kier alpha value is -1.54. The molecule has 2 unspecified atom stereocenters. The van der Waals surface area contributed by atoms with Crippen LogP contribution in [0, 0.1) is 0 Å². The van der Waals surface area contributed by atoms with Crippen LogP contribution in [0.25, 0.3) is 0 Å². The Labute approximate surface area is 281 Å². The fourth-order valence-electron chi connectivity index (χ4n) is 4.63. The summed E-state index contributed by atoms with van der Waals surface area (Å²) in [4.78, 5) is 22.2. The van der Waals surface area contributed by atoms with Gasteiger partial charge in [-0.3, -0.25) is 13.8 Å². The van der Waals surface area contributed by atoms with E-state index in [1.54, 1.807) is 0 Å². The first-order chi connectivity index (χ1) is 22.4. The first-order valence-corrected chi connectivity index (χ1v) is 19.6. The number of hydrogen-bond donors (Lipinski definition) is 2. The molecule has 0 amide bonds. The number of unbranched alkanes of at least 4 members (excludes halogenated alkanes) is 13. The highest BCUT2D eigenvalue weighted by Crippen LogP contribution is 2.43. The van der Waals surface area contributed by atoms with Gasteiger partial charge in [0.15, 0.2) is 0 Å². The summed E-state index contributed by atoms with van der Waals surface area (Å²) in [5.41, 5.74) is 5.33. The molecule has 268 valence electrons. The lowest BCUT2D eigenvalue weighted by Gasteiger charge is -2.20. The van der Waals surface area contributed by atoms with E-state index in [4.69, 9.17) is 24.3 Å². The van der Waals surface area contributed by atoms with Crippen LogP contribution in [0.3, 0.4) is 0 Å². The Bertz CT molecular complexity index is 844. The van der Waals surface area contributed by atoms with Crippen LogP contribution in [0.5, 0.6) is 0 Å². The number of ether oxygens (including phenoxy) is 2. The second-order valence-electron chi connectivity index (χ2n) is 11.7. The molecule has 0 fully saturated rings. The van der Waals surface area contributed by atoms with Crippen molar-refractivity contribution in [2.24, 2.45) is 5.73 Å². The number of esters is 1. The smallest absolute Gasteiger partial charge is 0.457 e. The lowest BCUT2D eigenvalue weighted by atomic mass is 10.1. The van der Waals surface area contributed by atoms with Gasteiger partial charge in [-0.15, -0.1) is 0 Å². The van der Waals surface area contributed by atoms with Crippen LogP contribution in [-0.4, -0.2) is 49.9 Å². The van der Waals surface area contributed by atoms with Crippen LogP contribution in [0.15, 0.2) is 48.6 Å². The van der Waals surface area contributed by atoms with E-state index < -0.39 is 13.9 Å². The molecule has 0 bridgehead atoms. The predicted octanol–water partition coefficient (Wildman–Crippen LogP) is 10.1. The van der Waals surface area contributed by atoms with E-state index in [0.717, 1.165) is 64.2 Å². The molecule has 0 radical (unpaired) electrons. The van der Waals surface area contributed by atoms with Crippen molar-refractivity contribution in [2.45, 2.75) is 148 Å². The summed E-state index contributed by atoms with van der Waals surface area (Å²) in [6, 6.07) is 0. The Kier molecular flexibility index (Phi) is 33.6. The van der Waals surface area contributed by atoms with Gasteiger partial charge < -0.3 is 20.1 Å². The van der Waals surface area contributed by atoms with Gasteiger partial charge in [-0.1, -0.05) is 133 Å². The topological polar surface area (TPSA) is 117 Å². The number of rotatable bonds is 34. The molecule has 0 spiro atoms. The van der Waals surface area contributed by atoms with Crippen molar-refractivity contribution in [2.75, 3.05) is 33.0 Å². The van der Waals surface area contributed by atoms with Crippen molar-refractivity contribution in [1.29, 1.82) is 0 Å². The molecule has 8 nitrogen and oxygen atoms in total. The highest BCUT2D eigenvalue weighted by Gasteiger charge is 2.25. The molecule has 0 saturated heterocycles. The second kappa shape index (κ2) is 34.8. The van der Waals surface area contributed by atoms with Crippen molar-refractivity contribution in [3.8, 4) is 0 Å². The van der Waals surface area contributed by atoms with E-state index in [0.29, 0.717) is 13.0 Å². The summed E-state index contributed by atoms with van der Waals surface area (Å²) in [5.74, 6) is -0.344. The summed E-state index contributed by atoms with van der Waals surface area (Å²) in [5, 5.41) is 0. The average Bonchev–Trinajstić information content (AvgIpc) is 3.04. The SMILES string of the molecule is CC/C=C\C/C=C\C/C=C\C/C=C\CCCCCCCCCOCC(COP(=O)(O)OCCN)OC(=O)CCCCCCCCC. The Morgan fingerprint density at radius 3 is 1.83 bits per heavy atom. The third-order valence-electron chi connectivity index (χ3n) is 7.26. The molecule has 3 N–H and O–H groups in total. The summed E-state index contributed by atoms with van der Waals surface area (Å²) < 4.78 is 33.1. The number of phosphoric ester groups is 1. The zero-order valence-corrected chi connectivity index (χ0v) is 30.2. The Balaban J connectivity index is 4.01. The van der Waals surface area contributed by atoms with Gasteiger partial charge >= 0.3 is 13.8 Å². The zero-order chi connectivity index (χ0) is 33.8. The molecule has 46 heavy (non-hydrogen) atoms. The van der Waals surface area contributed by atoms with E-state index in [1.807, 2.05) is 0 Å². The lowest BCUT2D eigenvalue weighted by Crippen LogP contribution is -2.28. The van der Waals surface area contributed by atoms with Crippen LogP contribution >= 0.6 is 7.82 Å². The number of nitrogens with two attached hydrogens (primary N) is 1. The number of hydrogen-bond acceptors (Lipinski definition) is 7. The van der Waals surface area contributed by atoms with Crippen molar-refractivity contribution < 1.29 is 32.8 Å². The molecular formula is C37H68NO7P. The minimum Gasteiger partial charge on any atom is -0.457 e. The Morgan fingerprint density at radius 2 is 1.22 bits per heavy atom. The zero-order valence-electron chi connectivity index (χ0n) is 29.3. The predicted molar refractivity (Wildman–Crippen MR) is 192 cm³/mol. The first-order valence-electron chi connectivity index (χ1n) is 18.1. The van der Waals surface area contributed by atoms with Gasteiger partial charge in [-0.25, -0.2) is 4.57 Å². The highest BCUT2D eigenvalue weighted by atomic mass is 31.2.